The largest absolute Gasteiger partial charge is 0.391 e. The molecule has 21 heavy (non-hydrogen) atoms. The van der Waals surface area contributed by atoms with Crippen LogP contribution in [0.3, 0.4) is 0 Å². The van der Waals surface area contributed by atoms with Gasteiger partial charge in [-0.05, 0) is 59.1 Å². The molecular weight excluding hydrogens is 398 g/mol. The van der Waals surface area contributed by atoms with Crippen molar-refractivity contribution in [1.82, 2.24) is 0 Å². The first-order valence-electron chi connectivity index (χ1n) is 5.93. The smallest absolute Gasteiger partial charge is 0.271 e. The Kier molecular flexibility index (Phi) is 4.99. The topological polar surface area (TPSA) is 66.4 Å². The molecule has 1 heterocycles. The zero-order valence-corrected chi connectivity index (χ0v) is 15.3. The maximum atomic E-state index is 12.4. The van der Waals surface area contributed by atoms with E-state index >= 15 is 0 Å². The Morgan fingerprint density at radius 3 is 2.52 bits per heavy atom. The Morgan fingerprint density at radius 2 is 1.95 bits per heavy atom. The van der Waals surface area contributed by atoms with E-state index in [1.54, 1.807) is 25.1 Å². The minimum atomic E-state index is -3.71. The van der Waals surface area contributed by atoms with Crippen LogP contribution < -0.4 is 4.72 Å². The Hall–Kier alpha value is -0.600. The van der Waals surface area contributed by atoms with Crippen LogP contribution in [-0.2, 0) is 16.6 Å². The van der Waals surface area contributed by atoms with Gasteiger partial charge in [0.15, 0.2) is 0 Å². The van der Waals surface area contributed by atoms with Crippen LogP contribution in [0.2, 0.25) is 5.02 Å². The summed E-state index contributed by atoms with van der Waals surface area (Å²) < 4.78 is 28.1. The molecule has 114 valence electrons. The van der Waals surface area contributed by atoms with E-state index in [1.807, 2.05) is 6.92 Å². The molecular formula is C13H13BrClNO3S2. The van der Waals surface area contributed by atoms with E-state index < -0.39 is 10.0 Å². The van der Waals surface area contributed by atoms with E-state index in [-0.39, 0.29) is 10.8 Å². The van der Waals surface area contributed by atoms with E-state index in [0.717, 1.165) is 22.5 Å². The van der Waals surface area contributed by atoms with Gasteiger partial charge in [-0.1, -0.05) is 11.6 Å². The number of sulfonamides is 1. The third-order valence-electron chi connectivity index (χ3n) is 2.90. The lowest BCUT2D eigenvalue weighted by Crippen LogP contribution is -2.12. The van der Waals surface area contributed by atoms with Crippen LogP contribution in [0.5, 0.6) is 0 Å². The number of anilines is 1. The molecule has 1 aromatic carbocycles. The monoisotopic (exact) mass is 409 g/mol. The van der Waals surface area contributed by atoms with Gasteiger partial charge in [0.2, 0.25) is 0 Å². The van der Waals surface area contributed by atoms with Gasteiger partial charge in [0, 0.05) is 14.4 Å². The van der Waals surface area contributed by atoms with Crippen LogP contribution in [-0.4, -0.2) is 13.5 Å². The molecule has 0 spiro atoms. The molecule has 0 aliphatic carbocycles. The van der Waals surface area contributed by atoms with E-state index in [0.29, 0.717) is 20.1 Å². The highest BCUT2D eigenvalue weighted by Gasteiger charge is 2.20. The van der Waals surface area contributed by atoms with Crippen molar-refractivity contribution in [1.29, 1.82) is 0 Å². The lowest BCUT2D eigenvalue weighted by molar-refractivity contribution is 0.285. The first kappa shape index (κ1) is 16.8. The molecule has 0 fully saturated rings. The van der Waals surface area contributed by atoms with Crippen molar-refractivity contribution >= 4 is 54.6 Å². The summed E-state index contributed by atoms with van der Waals surface area (Å²) in [6.45, 7) is 3.42. The van der Waals surface area contributed by atoms with Crippen molar-refractivity contribution in [3.05, 3.63) is 43.7 Å². The fourth-order valence-electron chi connectivity index (χ4n) is 1.70. The molecule has 0 atom stereocenters. The number of hydrogen-bond acceptors (Lipinski definition) is 4. The molecule has 8 heteroatoms. The molecule has 0 saturated heterocycles. The minimum Gasteiger partial charge on any atom is -0.391 e. The summed E-state index contributed by atoms with van der Waals surface area (Å²) in [5.41, 5.74) is 1.98. The van der Waals surface area contributed by atoms with Gasteiger partial charge in [-0.2, -0.15) is 0 Å². The highest BCUT2D eigenvalue weighted by atomic mass is 79.9. The predicted octanol–water partition coefficient (Wildman–Crippen LogP) is 4.07. The second kappa shape index (κ2) is 6.26. The summed E-state index contributed by atoms with van der Waals surface area (Å²) in [6.07, 6.45) is 0. The predicted molar refractivity (Wildman–Crippen MR) is 89.7 cm³/mol. The van der Waals surface area contributed by atoms with Gasteiger partial charge in [0.05, 0.1) is 12.3 Å². The third-order valence-corrected chi connectivity index (χ3v) is 7.02. The van der Waals surface area contributed by atoms with Crippen molar-refractivity contribution in [3.8, 4) is 0 Å². The van der Waals surface area contributed by atoms with Crippen LogP contribution in [0.4, 0.5) is 5.69 Å². The van der Waals surface area contributed by atoms with Gasteiger partial charge < -0.3 is 5.11 Å². The number of halogens is 2. The normalized spacial score (nSPS) is 11.7. The van der Waals surface area contributed by atoms with Gasteiger partial charge in [0.1, 0.15) is 4.21 Å². The second-order valence-electron chi connectivity index (χ2n) is 4.52. The van der Waals surface area contributed by atoms with Crippen molar-refractivity contribution in [2.75, 3.05) is 4.72 Å². The zero-order valence-electron chi connectivity index (χ0n) is 11.3. The number of hydrogen-bond donors (Lipinski definition) is 2. The molecule has 2 aromatic rings. The van der Waals surface area contributed by atoms with Crippen molar-refractivity contribution in [2.45, 2.75) is 24.7 Å². The van der Waals surface area contributed by atoms with Gasteiger partial charge in [-0.25, -0.2) is 8.42 Å². The minimum absolute atomic E-state index is 0.160. The lowest BCUT2D eigenvalue weighted by Gasteiger charge is -2.10. The molecule has 2 rings (SSSR count). The average molecular weight is 411 g/mol. The Balaban J connectivity index is 2.39. The number of aliphatic hydroxyl groups excluding tert-OH is 1. The van der Waals surface area contributed by atoms with E-state index in [2.05, 4.69) is 20.7 Å². The number of rotatable bonds is 4. The summed E-state index contributed by atoms with van der Waals surface area (Å²) in [5, 5.41) is 9.65. The summed E-state index contributed by atoms with van der Waals surface area (Å²) in [6, 6.07) is 4.85. The van der Waals surface area contributed by atoms with E-state index in [1.165, 1.54) is 0 Å². The average Bonchev–Trinajstić information content (AvgIpc) is 2.78. The molecule has 0 amide bonds. The summed E-state index contributed by atoms with van der Waals surface area (Å²) in [5.74, 6) is 0. The number of aryl methyl sites for hydroxylation is 2. The Bertz CT molecular complexity index is 787. The van der Waals surface area contributed by atoms with Gasteiger partial charge in [0.25, 0.3) is 10.0 Å². The SMILES string of the molecule is Cc1cc(Br)c(NS(=O)(=O)c2cc(C)c(CO)s2)cc1Cl. The van der Waals surface area contributed by atoms with Crippen LogP contribution in [0, 0.1) is 13.8 Å². The third kappa shape index (κ3) is 3.60. The summed E-state index contributed by atoms with van der Waals surface area (Å²) in [7, 11) is -3.71. The van der Waals surface area contributed by atoms with E-state index in [4.69, 9.17) is 16.7 Å². The standard InChI is InChI=1S/C13H13BrClNO3S2/c1-7-3-9(14)11(5-10(7)15)16-21(18,19)13-4-8(2)12(6-17)20-13/h3-5,16-17H,6H2,1-2H3. The molecule has 0 saturated carbocycles. The van der Waals surface area contributed by atoms with Crippen LogP contribution in [0.25, 0.3) is 0 Å². The molecule has 0 aliphatic rings. The van der Waals surface area contributed by atoms with E-state index in [9.17, 15) is 8.42 Å². The summed E-state index contributed by atoms with van der Waals surface area (Å²) >= 11 is 10.4. The number of aliphatic hydroxyl groups is 1. The maximum Gasteiger partial charge on any atom is 0.271 e. The molecule has 2 N–H and O–H groups in total. The fourth-order valence-corrected chi connectivity index (χ4v) is 5.07. The molecule has 0 aliphatic heterocycles. The molecule has 1 aromatic heterocycles. The quantitative estimate of drug-likeness (QED) is 0.798. The maximum absolute atomic E-state index is 12.4. The van der Waals surface area contributed by atoms with Gasteiger partial charge >= 0.3 is 0 Å². The first-order chi connectivity index (χ1) is 9.74. The van der Waals surface area contributed by atoms with Crippen molar-refractivity contribution in [3.63, 3.8) is 0 Å². The Labute approximate surface area is 140 Å². The highest BCUT2D eigenvalue weighted by molar-refractivity contribution is 9.10. The van der Waals surface area contributed by atoms with Gasteiger partial charge in [-0.3, -0.25) is 4.72 Å². The van der Waals surface area contributed by atoms with Crippen molar-refractivity contribution < 1.29 is 13.5 Å². The first-order valence-corrected chi connectivity index (χ1v) is 9.40. The van der Waals surface area contributed by atoms with Crippen molar-refractivity contribution in [2.24, 2.45) is 0 Å². The number of thiophene rings is 1. The fraction of sp³-hybridized carbons (Fsp3) is 0.231. The number of benzene rings is 1. The molecule has 0 bridgehead atoms. The molecule has 0 radical (unpaired) electrons. The van der Waals surface area contributed by atoms with Gasteiger partial charge in [-0.15, -0.1) is 11.3 Å². The zero-order chi connectivity index (χ0) is 15.8. The molecule has 0 unspecified atom stereocenters. The van der Waals surface area contributed by atoms with Crippen LogP contribution in [0.1, 0.15) is 16.0 Å². The summed E-state index contributed by atoms with van der Waals surface area (Å²) in [4.78, 5) is 0.636. The van der Waals surface area contributed by atoms with Crippen LogP contribution in [0.15, 0.2) is 26.9 Å². The number of nitrogens with one attached hydrogen (secondary N) is 1. The Morgan fingerprint density at radius 1 is 1.29 bits per heavy atom. The second-order valence-corrected chi connectivity index (χ2v) is 8.82. The highest BCUT2D eigenvalue weighted by Crippen LogP contribution is 2.33. The van der Waals surface area contributed by atoms with Crippen LogP contribution >= 0.6 is 38.9 Å². The lowest BCUT2D eigenvalue weighted by atomic mass is 10.2. The molecule has 4 nitrogen and oxygen atoms in total.